The molecule has 18 heteroatoms. The van der Waals surface area contributed by atoms with Gasteiger partial charge in [-0.15, -0.1) is 0 Å². The van der Waals surface area contributed by atoms with Gasteiger partial charge in [-0.05, 0) is 55.7 Å². The number of methoxy groups -OCH3 is 2. The summed E-state index contributed by atoms with van der Waals surface area (Å²) in [6.45, 7) is 4.83. The van der Waals surface area contributed by atoms with Crippen LogP contribution in [0.3, 0.4) is 0 Å². The first-order chi connectivity index (χ1) is 25.5. The van der Waals surface area contributed by atoms with Gasteiger partial charge in [0.05, 0.1) is 33.4 Å². The maximum absolute atomic E-state index is 13.2. The average molecular weight is 765 g/mol. The molecule has 2 aromatic carbocycles. The van der Waals surface area contributed by atoms with Gasteiger partial charge in [-0.25, -0.2) is 32.1 Å². The lowest BCUT2D eigenvalue weighted by Gasteiger charge is -2.19. The summed E-state index contributed by atoms with van der Waals surface area (Å²) in [5, 5.41) is 9.90. The van der Waals surface area contributed by atoms with E-state index in [1.54, 1.807) is 0 Å². The van der Waals surface area contributed by atoms with Crippen molar-refractivity contribution in [1.82, 2.24) is 31.2 Å². The zero-order valence-electron chi connectivity index (χ0n) is 30.4. The molecule has 3 aromatic rings. The van der Waals surface area contributed by atoms with E-state index in [0.29, 0.717) is 24.2 Å². The van der Waals surface area contributed by atoms with Gasteiger partial charge in [0.1, 0.15) is 47.4 Å². The van der Waals surface area contributed by atoms with Gasteiger partial charge in [0.15, 0.2) is 0 Å². The van der Waals surface area contributed by atoms with Crippen molar-refractivity contribution in [2.75, 3.05) is 14.2 Å². The van der Waals surface area contributed by atoms with E-state index in [1.165, 1.54) is 40.6 Å². The zero-order chi connectivity index (χ0) is 40.4. The van der Waals surface area contributed by atoms with Crippen molar-refractivity contribution in [2.24, 2.45) is 0 Å². The highest BCUT2D eigenvalue weighted by atomic mass is 19.1. The fraction of sp³-hybridized carbons (Fsp3) is 0.417. The number of esters is 2. The summed E-state index contributed by atoms with van der Waals surface area (Å²) in [6, 6.07) is 1.89. The molecule has 0 fully saturated rings. The summed E-state index contributed by atoms with van der Waals surface area (Å²) in [7, 11) is 2.43. The molecule has 0 spiro atoms. The number of imidazole rings is 1. The van der Waals surface area contributed by atoms with E-state index in [9.17, 15) is 46.3 Å². The molecule has 0 aliphatic carbocycles. The van der Waals surface area contributed by atoms with Crippen LogP contribution in [0.25, 0.3) is 0 Å². The highest BCUT2D eigenvalue weighted by molar-refractivity contribution is 5.91. The third-order valence-electron chi connectivity index (χ3n) is 7.55. The molecule has 1 heterocycles. The van der Waals surface area contributed by atoms with Crippen molar-refractivity contribution >= 4 is 35.6 Å². The van der Waals surface area contributed by atoms with E-state index in [0.717, 1.165) is 37.1 Å². The Labute approximate surface area is 309 Å². The fourth-order valence-corrected chi connectivity index (χ4v) is 4.86. The Balaban J connectivity index is 0.000000375. The number of H-pyrrole nitrogens is 1. The van der Waals surface area contributed by atoms with Gasteiger partial charge in [0.2, 0.25) is 23.6 Å². The largest absolute Gasteiger partial charge is 0.467 e. The number of hydrogen-bond donors (Lipinski definition) is 5. The van der Waals surface area contributed by atoms with E-state index in [1.807, 2.05) is 6.92 Å². The molecule has 4 atom stereocenters. The van der Waals surface area contributed by atoms with Crippen molar-refractivity contribution < 1.29 is 55.8 Å². The Morgan fingerprint density at radius 3 is 1.50 bits per heavy atom. The van der Waals surface area contributed by atoms with E-state index < -0.39 is 83.0 Å². The number of amides is 4. The molecule has 1 aromatic heterocycles. The minimum atomic E-state index is -0.986. The molecular weight excluding hydrogens is 720 g/mol. The molecule has 0 aliphatic heterocycles. The smallest absolute Gasteiger partial charge is 0.328 e. The molecule has 0 radical (unpaired) electrons. The van der Waals surface area contributed by atoms with Crippen LogP contribution >= 0.6 is 0 Å². The van der Waals surface area contributed by atoms with Crippen molar-refractivity contribution in [3.05, 3.63) is 89.0 Å². The van der Waals surface area contributed by atoms with Gasteiger partial charge in [0.25, 0.3) is 0 Å². The molecular formula is C36H44F4N6O8. The highest BCUT2D eigenvalue weighted by Crippen LogP contribution is 2.10. The number of aromatic nitrogens is 2. The van der Waals surface area contributed by atoms with Gasteiger partial charge in [-0.3, -0.25) is 19.2 Å². The number of ether oxygens (including phenoxy) is 2. The standard InChI is InChI=1S/C18H20F2N4O4.C18H24F2N2O4/c1-10(23-16(25)5-11-3-12(19)6-13(20)4-11)17(26)24-15(18(27)28-2)7-14-8-21-9-22-14;1-4-5-6-15(18(25)26-3)22-17(24)11(2)21-16(23)9-12-7-13(19)10-14(20)8-12/h3-4,6,8-10,15H,5,7H2,1-2H3,(H,21,22)(H,23,25)(H,24,26);7-8,10-11,15H,4-6,9H2,1-3H3,(H,21,23)(H,22,24)/t10-,15-;11-,15-/m00/s1. The van der Waals surface area contributed by atoms with Crippen molar-refractivity contribution in [1.29, 1.82) is 0 Å². The topological polar surface area (TPSA) is 198 Å². The second-order valence-corrected chi connectivity index (χ2v) is 12.1. The Bertz CT molecular complexity index is 1700. The lowest BCUT2D eigenvalue weighted by atomic mass is 10.1. The molecule has 14 nitrogen and oxygen atoms in total. The van der Waals surface area contributed by atoms with Crippen LogP contribution in [0.15, 0.2) is 48.9 Å². The second-order valence-electron chi connectivity index (χ2n) is 12.1. The minimum Gasteiger partial charge on any atom is -0.467 e. The fourth-order valence-electron chi connectivity index (χ4n) is 4.86. The molecule has 294 valence electrons. The SMILES string of the molecule is CCCC[C@H](NC(=O)[C@H](C)NC(=O)Cc1cc(F)cc(F)c1)C(=O)OC.COC(=O)[C@H](Cc1cnc[nH]1)NC(=O)[C@H](C)NC(=O)Cc1cc(F)cc(F)c1. The molecule has 54 heavy (non-hydrogen) atoms. The first-order valence-electron chi connectivity index (χ1n) is 16.8. The number of carbonyl (C=O) groups excluding carboxylic acids is 6. The number of nitrogens with one attached hydrogen (secondary N) is 5. The summed E-state index contributed by atoms with van der Waals surface area (Å²) in [4.78, 5) is 78.8. The van der Waals surface area contributed by atoms with Gasteiger partial charge < -0.3 is 35.7 Å². The van der Waals surface area contributed by atoms with Crippen LogP contribution in [-0.4, -0.2) is 83.9 Å². The molecule has 3 rings (SSSR count). The monoisotopic (exact) mass is 764 g/mol. The molecule has 0 bridgehead atoms. The molecule has 0 aliphatic rings. The van der Waals surface area contributed by atoms with Crippen molar-refractivity contribution in [2.45, 2.75) is 83.5 Å². The second kappa shape index (κ2) is 22.3. The van der Waals surface area contributed by atoms with E-state index in [4.69, 9.17) is 0 Å². The van der Waals surface area contributed by atoms with Crippen LogP contribution in [0.4, 0.5) is 17.6 Å². The Kier molecular flexibility index (Phi) is 18.3. The predicted molar refractivity (Wildman–Crippen MR) is 185 cm³/mol. The third kappa shape index (κ3) is 15.8. The number of carbonyl (C=O) groups is 6. The molecule has 0 saturated heterocycles. The van der Waals surface area contributed by atoms with E-state index >= 15 is 0 Å². The first kappa shape index (κ1) is 44.4. The lowest BCUT2D eigenvalue weighted by Crippen LogP contribution is -2.51. The van der Waals surface area contributed by atoms with Gasteiger partial charge >= 0.3 is 11.9 Å². The maximum atomic E-state index is 13.2. The lowest BCUT2D eigenvalue weighted by molar-refractivity contribution is -0.145. The summed E-state index contributed by atoms with van der Waals surface area (Å²) in [6.07, 6.45) is 4.49. The van der Waals surface area contributed by atoms with Crippen molar-refractivity contribution in [3.63, 3.8) is 0 Å². The summed E-state index contributed by atoms with van der Waals surface area (Å²) >= 11 is 0. The van der Waals surface area contributed by atoms with Crippen LogP contribution in [0.5, 0.6) is 0 Å². The zero-order valence-corrected chi connectivity index (χ0v) is 30.4. The van der Waals surface area contributed by atoms with Crippen LogP contribution in [0.1, 0.15) is 56.9 Å². The number of hydrogen-bond acceptors (Lipinski definition) is 9. The maximum Gasteiger partial charge on any atom is 0.328 e. The highest BCUT2D eigenvalue weighted by Gasteiger charge is 2.26. The van der Waals surface area contributed by atoms with Crippen LogP contribution in [-0.2, 0) is 57.5 Å². The number of benzene rings is 2. The molecule has 0 saturated carbocycles. The normalized spacial score (nSPS) is 12.8. The number of nitrogens with zero attached hydrogens (tertiary/aromatic N) is 1. The van der Waals surface area contributed by atoms with Gasteiger partial charge in [0, 0.05) is 30.4 Å². The minimum absolute atomic E-state index is 0.127. The van der Waals surface area contributed by atoms with E-state index in [-0.39, 0.29) is 30.4 Å². The van der Waals surface area contributed by atoms with E-state index in [2.05, 4.69) is 40.7 Å². The van der Waals surface area contributed by atoms with Crippen LogP contribution in [0.2, 0.25) is 0 Å². The van der Waals surface area contributed by atoms with Crippen LogP contribution < -0.4 is 21.3 Å². The molecule has 4 amide bonds. The van der Waals surface area contributed by atoms with Crippen molar-refractivity contribution in [3.8, 4) is 0 Å². The van der Waals surface area contributed by atoms with Crippen LogP contribution in [0, 0.1) is 23.3 Å². The Morgan fingerprint density at radius 2 is 1.11 bits per heavy atom. The Morgan fingerprint density at radius 1 is 0.685 bits per heavy atom. The summed E-state index contributed by atoms with van der Waals surface area (Å²) in [5.74, 6) is -6.70. The quantitative estimate of drug-likeness (QED) is 0.101. The third-order valence-corrected chi connectivity index (χ3v) is 7.55. The predicted octanol–water partition coefficient (Wildman–Crippen LogP) is 2.50. The number of unbranched alkanes of at least 4 members (excludes halogenated alkanes) is 1. The first-order valence-corrected chi connectivity index (χ1v) is 16.8. The average Bonchev–Trinajstić information content (AvgIpc) is 3.61. The van der Waals surface area contributed by atoms with Gasteiger partial charge in [-0.1, -0.05) is 19.8 Å². The number of aromatic amines is 1. The number of rotatable bonds is 17. The summed E-state index contributed by atoms with van der Waals surface area (Å²) < 4.78 is 62.0. The summed E-state index contributed by atoms with van der Waals surface area (Å²) in [5.41, 5.74) is 0.901. The molecule has 0 unspecified atom stereocenters. The van der Waals surface area contributed by atoms with Gasteiger partial charge in [-0.2, -0.15) is 0 Å². The Hall–Kier alpha value is -5.81. The number of halogens is 4. The molecule has 5 N–H and O–H groups in total.